The standard InChI is InChI=1S/C30H32FN3O3/c31-27-20-34(21-27)19-26(17-28-30(36)29(35)11-12-32-28)25-9-7-23(8-10-25)2-1-22-3-5-24(6-4-22)18-33-13-15-37-16-14-33/h3-10,12,26-27,36H,11,13-21H2/t26-/m0/s1. The number of nitrogens with zero attached hydrogens (tertiary/aromatic N) is 3. The van der Waals surface area contributed by atoms with Crippen LogP contribution in [-0.4, -0.2) is 79.0 Å². The van der Waals surface area contributed by atoms with Crippen molar-refractivity contribution in [3.05, 3.63) is 82.2 Å². The molecule has 192 valence electrons. The molecule has 2 aromatic carbocycles. The molecular formula is C30H32FN3O3. The number of carbonyl (C=O) groups excluding carboxylic acids is 1. The number of halogens is 1. The predicted octanol–water partition coefficient (Wildman–Crippen LogP) is 3.86. The van der Waals surface area contributed by atoms with Gasteiger partial charge in [-0.15, -0.1) is 0 Å². The Hall–Kier alpha value is -3.31. The molecule has 3 aliphatic heterocycles. The van der Waals surface area contributed by atoms with E-state index < -0.39 is 6.17 Å². The minimum absolute atomic E-state index is 0.0197. The number of allylic oxidation sites excluding steroid dienone is 2. The average molecular weight is 502 g/mol. The molecule has 0 unspecified atom stereocenters. The van der Waals surface area contributed by atoms with E-state index in [1.54, 1.807) is 6.21 Å². The van der Waals surface area contributed by atoms with Gasteiger partial charge in [0.15, 0.2) is 5.76 Å². The number of hydrogen-bond donors (Lipinski definition) is 1. The molecule has 2 saturated heterocycles. The van der Waals surface area contributed by atoms with E-state index in [4.69, 9.17) is 4.74 Å². The molecule has 2 fully saturated rings. The zero-order valence-corrected chi connectivity index (χ0v) is 20.9. The first-order valence-electron chi connectivity index (χ1n) is 12.9. The van der Waals surface area contributed by atoms with Crippen LogP contribution in [0.4, 0.5) is 4.39 Å². The van der Waals surface area contributed by atoms with Crippen molar-refractivity contribution in [2.24, 2.45) is 4.99 Å². The van der Waals surface area contributed by atoms with Crippen molar-refractivity contribution in [3.8, 4) is 11.8 Å². The van der Waals surface area contributed by atoms with Gasteiger partial charge >= 0.3 is 0 Å². The Kier molecular flexibility index (Phi) is 8.10. The van der Waals surface area contributed by atoms with E-state index >= 15 is 0 Å². The molecule has 0 aliphatic carbocycles. The minimum Gasteiger partial charge on any atom is -0.503 e. The van der Waals surface area contributed by atoms with Crippen LogP contribution >= 0.6 is 0 Å². The Labute approximate surface area is 217 Å². The summed E-state index contributed by atoms with van der Waals surface area (Å²) in [5.74, 6) is 5.90. The summed E-state index contributed by atoms with van der Waals surface area (Å²) in [5, 5.41) is 10.2. The fraction of sp³-hybridized carbons (Fsp3) is 0.400. The summed E-state index contributed by atoms with van der Waals surface area (Å²) in [7, 11) is 0. The van der Waals surface area contributed by atoms with Crippen LogP contribution < -0.4 is 0 Å². The van der Waals surface area contributed by atoms with Crippen LogP contribution in [0.2, 0.25) is 0 Å². The predicted molar refractivity (Wildman–Crippen MR) is 141 cm³/mol. The lowest BCUT2D eigenvalue weighted by Gasteiger charge is -2.37. The molecule has 0 bridgehead atoms. The lowest BCUT2D eigenvalue weighted by molar-refractivity contribution is -0.117. The van der Waals surface area contributed by atoms with Crippen molar-refractivity contribution in [1.82, 2.24) is 9.80 Å². The molecule has 3 heterocycles. The van der Waals surface area contributed by atoms with Crippen LogP contribution in [-0.2, 0) is 16.1 Å². The van der Waals surface area contributed by atoms with Crippen molar-refractivity contribution in [1.29, 1.82) is 0 Å². The molecule has 6 nitrogen and oxygen atoms in total. The molecule has 1 N–H and O–H groups in total. The second kappa shape index (κ2) is 11.8. The number of alkyl halides is 1. The first kappa shape index (κ1) is 25.3. The van der Waals surface area contributed by atoms with E-state index in [0.717, 1.165) is 49.5 Å². The normalized spacial score (nSPS) is 19.9. The van der Waals surface area contributed by atoms with Crippen LogP contribution in [0.15, 0.2) is 65.0 Å². The number of morpholine rings is 1. The highest BCUT2D eigenvalue weighted by Gasteiger charge is 2.30. The lowest BCUT2D eigenvalue weighted by Crippen LogP contribution is -2.49. The maximum absolute atomic E-state index is 13.4. The minimum atomic E-state index is -0.784. The van der Waals surface area contributed by atoms with Crippen molar-refractivity contribution < 1.29 is 19.0 Å². The summed E-state index contributed by atoms with van der Waals surface area (Å²) in [4.78, 5) is 20.6. The highest BCUT2D eigenvalue weighted by atomic mass is 19.1. The maximum atomic E-state index is 13.4. The summed E-state index contributed by atoms with van der Waals surface area (Å²) >= 11 is 0. The first-order valence-corrected chi connectivity index (χ1v) is 12.9. The van der Waals surface area contributed by atoms with Crippen molar-refractivity contribution in [3.63, 3.8) is 0 Å². The van der Waals surface area contributed by atoms with Crippen molar-refractivity contribution >= 4 is 12.0 Å². The number of hydrogen-bond acceptors (Lipinski definition) is 6. The number of ketones is 1. The van der Waals surface area contributed by atoms with E-state index in [9.17, 15) is 14.3 Å². The number of likely N-dealkylation sites (tertiary alicyclic amines) is 1. The Morgan fingerprint density at radius 3 is 2.30 bits per heavy atom. The summed E-state index contributed by atoms with van der Waals surface area (Å²) in [5.41, 5.74) is 4.59. The molecule has 2 aromatic rings. The van der Waals surface area contributed by atoms with E-state index in [2.05, 4.69) is 50.9 Å². The second-order valence-electron chi connectivity index (χ2n) is 9.91. The van der Waals surface area contributed by atoms with Gasteiger partial charge in [0, 0.05) is 75.4 Å². The Balaban J connectivity index is 1.25. The van der Waals surface area contributed by atoms with Gasteiger partial charge in [-0.3, -0.25) is 19.6 Å². The van der Waals surface area contributed by atoms with E-state index in [0.29, 0.717) is 31.8 Å². The highest BCUT2D eigenvalue weighted by Crippen LogP contribution is 2.30. The number of aliphatic hydroxyl groups excluding tert-OH is 1. The number of carbonyl (C=O) groups is 1. The van der Waals surface area contributed by atoms with E-state index in [1.165, 1.54) is 5.56 Å². The van der Waals surface area contributed by atoms with Crippen molar-refractivity contribution in [2.45, 2.75) is 31.5 Å². The number of Topliss-reactive ketones (excluding diaryl/α,β-unsaturated/α-hetero) is 1. The SMILES string of the molecule is O=C1CC=NC(C[C@@H](CN2CC(F)C2)c2ccc(C#Cc3ccc(CN4CCOCC4)cc3)cc2)=C1O. The van der Waals surface area contributed by atoms with E-state index in [-0.39, 0.29) is 23.9 Å². The summed E-state index contributed by atoms with van der Waals surface area (Å²) in [6.07, 6.45) is 1.31. The highest BCUT2D eigenvalue weighted by molar-refractivity contribution is 6.03. The van der Waals surface area contributed by atoms with Gasteiger partial charge in [-0.05, 0) is 35.4 Å². The zero-order valence-electron chi connectivity index (χ0n) is 20.9. The summed E-state index contributed by atoms with van der Waals surface area (Å²) in [6, 6.07) is 16.4. The smallest absolute Gasteiger partial charge is 0.204 e. The zero-order chi connectivity index (χ0) is 25.6. The number of ether oxygens (including phenoxy) is 1. The van der Waals surface area contributed by atoms with Crippen LogP contribution in [0.25, 0.3) is 0 Å². The molecule has 0 radical (unpaired) electrons. The molecule has 5 rings (SSSR count). The topological polar surface area (TPSA) is 65.4 Å². The molecule has 0 aromatic heterocycles. The number of benzene rings is 2. The fourth-order valence-electron chi connectivity index (χ4n) is 4.89. The van der Waals surface area contributed by atoms with Crippen LogP contribution in [0.5, 0.6) is 0 Å². The number of rotatable bonds is 7. The molecule has 0 spiro atoms. The third-order valence-electron chi connectivity index (χ3n) is 7.09. The molecule has 37 heavy (non-hydrogen) atoms. The number of aliphatic hydroxyl groups is 1. The third-order valence-corrected chi connectivity index (χ3v) is 7.09. The fourth-order valence-corrected chi connectivity index (χ4v) is 4.89. The van der Waals surface area contributed by atoms with Crippen LogP contribution in [0.3, 0.4) is 0 Å². The monoisotopic (exact) mass is 501 g/mol. The van der Waals surface area contributed by atoms with Gasteiger partial charge < -0.3 is 9.84 Å². The Bertz CT molecular complexity index is 1220. The quantitative estimate of drug-likeness (QED) is 0.584. The van der Waals surface area contributed by atoms with Crippen LogP contribution in [0, 0.1) is 11.8 Å². The van der Waals surface area contributed by atoms with Gasteiger partial charge in [-0.1, -0.05) is 36.1 Å². The second-order valence-corrected chi connectivity index (χ2v) is 9.91. The van der Waals surface area contributed by atoms with E-state index in [1.807, 2.05) is 24.3 Å². The average Bonchev–Trinajstić information content (AvgIpc) is 2.90. The van der Waals surface area contributed by atoms with Gasteiger partial charge in [0.2, 0.25) is 5.78 Å². The largest absolute Gasteiger partial charge is 0.503 e. The number of aliphatic imine (C=N–C) groups is 1. The van der Waals surface area contributed by atoms with Crippen molar-refractivity contribution in [2.75, 3.05) is 45.9 Å². The van der Waals surface area contributed by atoms with Gasteiger partial charge in [-0.25, -0.2) is 4.39 Å². The lowest BCUT2D eigenvalue weighted by atomic mass is 9.90. The molecule has 0 amide bonds. The van der Waals surface area contributed by atoms with Gasteiger partial charge in [0.1, 0.15) is 6.17 Å². The Morgan fingerprint density at radius 2 is 1.65 bits per heavy atom. The Morgan fingerprint density at radius 1 is 1.00 bits per heavy atom. The first-order chi connectivity index (χ1) is 18.0. The molecule has 7 heteroatoms. The van der Waals surface area contributed by atoms with Gasteiger partial charge in [0.25, 0.3) is 0 Å². The molecule has 3 aliphatic rings. The summed E-state index contributed by atoms with van der Waals surface area (Å²) in [6.45, 7) is 5.94. The molecule has 0 saturated carbocycles. The third kappa shape index (κ3) is 6.72. The van der Waals surface area contributed by atoms with Crippen LogP contribution in [0.1, 0.15) is 41.0 Å². The maximum Gasteiger partial charge on any atom is 0.204 e. The molecule has 1 atom stereocenters. The molecular weight excluding hydrogens is 469 g/mol. The summed E-state index contributed by atoms with van der Waals surface area (Å²) < 4.78 is 18.8. The van der Waals surface area contributed by atoms with Gasteiger partial charge in [-0.2, -0.15) is 0 Å². The van der Waals surface area contributed by atoms with Gasteiger partial charge in [0.05, 0.1) is 18.9 Å².